The minimum Gasteiger partial charge on any atom is -0.378 e. The maximum Gasteiger partial charge on any atom is 0.226 e. The molecule has 4 heteroatoms. The van der Waals surface area contributed by atoms with E-state index < -0.39 is 0 Å². The van der Waals surface area contributed by atoms with Crippen LogP contribution in [0.4, 0.5) is 5.69 Å². The van der Waals surface area contributed by atoms with Crippen molar-refractivity contribution >= 4 is 11.6 Å². The van der Waals surface area contributed by atoms with Gasteiger partial charge in [0, 0.05) is 18.8 Å². The molecule has 0 aromatic heterocycles. The van der Waals surface area contributed by atoms with Crippen LogP contribution in [0.15, 0.2) is 24.3 Å². The predicted molar refractivity (Wildman–Crippen MR) is 76.0 cm³/mol. The van der Waals surface area contributed by atoms with E-state index in [0.717, 1.165) is 43.7 Å². The molecule has 2 N–H and O–H groups in total. The lowest BCUT2D eigenvalue weighted by Crippen LogP contribution is -2.25. The summed E-state index contributed by atoms with van der Waals surface area (Å²) in [5.74, 6) is 0.0357. The van der Waals surface area contributed by atoms with Gasteiger partial charge < -0.3 is 15.4 Å². The summed E-state index contributed by atoms with van der Waals surface area (Å²) >= 11 is 0. The summed E-state index contributed by atoms with van der Waals surface area (Å²) in [4.78, 5) is 11.9. The van der Waals surface area contributed by atoms with Crippen LogP contribution in [0.1, 0.15) is 31.2 Å². The molecule has 1 saturated heterocycles. The van der Waals surface area contributed by atoms with Gasteiger partial charge in [-0.1, -0.05) is 12.1 Å². The number of ether oxygens (including phenoxy) is 1. The average Bonchev–Trinajstić information content (AvgIpc) is 2.40. The first-order valence-corrected chi connectivity index (χ1v) is 6.93. The van der Waals surface area contributed by atoms with Crippen LogP contribution in [0.25, 0.3) is 0 Å². The van der Waals surface area contributed by atoms with Gasteiger partial charge in [-0.3, -0.25) is 4.79 Å². The standard InChI is InChI=1S/C15H22N2O2/c1-16-11-12-5-4-6-13(9-12)17-15(18)10-14-7-2-3-8-19-14/h4-6,9,14,16H,2-3,7-8,10-11H2,1H3,(H,17,18). The lowest BCUT2D eigenvalue weighted by atomic mass is 10.1. The van der Waals surface area contributed by atoms with Gasteiger partial charge in [-0.05, 0) is 44.0 Å². The highest BCUT2D eigenvalue weighted by Gasteiger charge is 2.17. The smallest absolute Gasteiger partial charge is 0.226 e. The molecule has 1 heterocycles. The number of nitrogens with one attached hydrogen (secondary N) is 2. The summed E-state index contributed by atoms with van der Waals surface area (Å²) in [7, 11) is 1.91. The summed E-state index contributed by atoms with van der Waals surface area (Å²) in [6.07, 6.45) is 3.82. The highest BCUT2D eigenvalue weighted by Crippen LogP contribution is 2.17. The minimum absolute atomic E-state index is 0.0357. The molecule has 19 heavy (non-hydrogen) atoms. The summed E-state index contributed by atoms with van der Waals surface area (Å²) in [6.45, 7) is 1.59. The van der Waals surface area contributed by atoms with Crippen LogP contribution in [0.5, 0.6) is 0 Å². The third kappa shape index (κ3) is 4.65. The SMILES string of the molecule is CNCc1cccc(NC(=O)CC2CCCCO2)c1. The van der Waals surface area contributed by atoms with Gasteiger partial charge >= 0.3 is 0 Å². The lowest BCUT2D eigenvalue weighted by molar-refractivity contribution is -0.119. The Balaban J connectivity index is 1.85. The zero-order chi connectivity index (χ0) is 13.5. The van der Waals surface area contributed by atoms with Gasteiger partial charge in [-0.15, -0.1) is 0 Å². The predicted octanol–water partition coefficient (Wildman–Crippen LogP) is 2.30. The Kier molecular flexibility index (Phi) is 5.36. The summed E-state index contributed by atoms with van der Waals surface area (Å²) in [5.41, 5.74) is 2.02. The van der Waals surface area contributed by atoms with Gasteiger partial charge in [0.2, 0.25) is 5.91 Å². The van der Waals surface area contributed by atoms with Crippen LogP contribution in [0.3, 0.4) is 0 Å². The molecular formula is C15H22N2O2. The van der Waals surface area contributed by atoms with Gasteiger partial charge in [0.25, 0.3) is 0 Å². The third-order valence-electron chi connectivity index (χ3n) is 3.28. The Morgan fingerprint density at radius 2 is 2.32 bits per heavy atom. The number of hydrogen-bond acceptors (Lipinski definition) is 3. The van der Waals surface area contributed by atoms with E-state index in [2.05, 4.69) is 10.6 Å². The number of rotatable bonds is 5. The van der Waals surface area contributed by atoms with Crippen LogP contribution < -0.4 is 10.6 Å². The molecule has 1 amide bonds. The van der Waals surface area contributed by atoms with Crippen molar-refractivity contribution in [1.29, 1.82) is 0 Å². The number of amides is 1. The summed E-state index contributed by atoms with van der Waals surface area (Å²) in [6, 6.07) is 7.91. The van der Waals surface area contributed by atoms with Crippen molar-refractivity contribution < 1.29 is 9.53 Å². The number of hydrogen-bond donors (Lipinski definition) is 2. The second-order valence-corrected chi connectivity index (χ2v) is 4.97. The third-order valence-corrected chi connectivity index (χ3v) is 3.28. The molecule has 0 saturated carbocycles. The second-order valence-electron chi connectivity index (χ2n) is 4.97. The number of carbonyl (C=O) groups excluding carboxylic acids is 1. The summed E-state index contributed by atoms with van der Waals surface area (Å²) in [5, 5.41) is 6.04. The zero-order valence-corrected chi connectivity index (χ0v) is 11.4. The molecule has 1 unspecified atom stereocenters. The summed E-state index contributed by atoms with van der Waals surface area (Å²) < 4.78 is 5.58. The first kappa shape index (κ1) is 14.0. The molecule has 1 aliphatic rings. The molecule has 0 spiro atoms. The van der Waals surface area contributed by atoms with E-state index >= 15 is 0 Å². The Morgan fingerprint density at radius 1 is 1.42 bits per heavy atom. The Hall–Kier alpha value is -1.39. The van der Waals surface area contributed by atoms with Gasteiger partial charge in [-0.2, -0.15) is 0 Å². The van der Waals surface area contributed by atoms with E-state index in [1.54, 1.807) is 0 Å². The second kappa shape index (κ2) is 7.26. The maximum absolute atomic E-state index is 11.9. The monoisotopic (exact) mass is 262 g/mol. The lowest BCUT2D eigenvalue weighted by Gasteiger charge is -2.22. The highest BCUT2D eigenvalue weighted by atomic mass is 16.5. The molecule has 0 bridgehead atoms. The molecule has 1 atom stereocenters. The van der Waals surface area contributed by atoms with E-state index in [4.69, 9.17) is 4.74 Å². The zero-order valence-electron chi connectivity index (χ0n) is 11.4. The van der Waals surface area contributed by atoms with Crippen molar-refractivity contribution in [1.82, 2.24) is 5.32 Å². The quantitative estimate of drug-likeness (QED) is 0.856. The molecule has 4 nitrogen and oxygen atoms in total. The van der Waals surface area contributed by atoms with E-state index in [9.17, 15) is 4.79 Å². The number of benzene rings is 1. The Bertz CT molecular complexity index is 414. The Labute approximate surface area is 114 Å². The van der Waals surface area contributed by atoms with E-state index in [-0.39, 0.29) is 12.0 Å². The molecule has 104 valence electrons. The molecule has 1 aromatic carbocycles. The minimum atomic E-state index is 0.0357. The van der Waals surface area contributed by atoms with Crippen molar-refractivity contribution in [3.8, 4) is 0 Å². The van der Waals surface area contributed by atoms with Gasteiger partial charge in [0.1, 0.15) is 0 Å². The molecular weight excluding hydrogens is 240 g/mol. The maximum atomic E-state index is 11.9. The van der Waals surface area contributed by atoms with Gasteiger partial charge in [-0.25, -0.2) is 0 Å². The molecule has 0 radical (unpaired) electrons. The Morgan fingerprint density at radius 3 is 3.05 bits per heavy atom. The van der Waals surface area contributed by atoms with Crippen molar-refractivity contribution in [2.24, 2.45) is 0 Å². The van der Waals surface area contributed by atoms with Gasteiger partial charge in [0.15, 0.2) is 0 Å². The van der Waals surface area contributed by atoms with Crippen LogP contribution in [0.2, 0.25) is 0 Å². The van der Waals surface area contributed by atoms with E-state index in [1.165, 1.54) is 0 Å². The van der Waals surface area contributed by atoms with Crippen LogP contribution >= 0.6 is 0 Å². The van der Waals surface area contributed by atoms with Crippen LogP contribution in [0, 0.1) is 0 Å². The normalized spacial score (nSPS) is 19.1. The van der Waals surface area contributed by atoms with Crippen LogP contribution in [-0.2, 0) is 16.1 Å². The van der Waals surface area contributed by atoms with Crippen molar-refractivity contribution in [2.45, 2.75) is 38.3 Å². The van der Waals surface area contributed by atoms with E-state index in [0.29, 0.717) is 6.42 Å². The first-order valence-electron chi connectivity index (χ1n) is 6.93. The van der Waals surface area contributed by atoms with Crippen molar-refractivity contribution in [3.05, 3.63) is 29.8 Å². The number of anilines is 1. The van der Waals surface area contributed by atoms with Gasteiger partial charge in [0.05, 0.1) is 12.5 Å². The average molecular weight is 262 g/mol. The highest BCUT2D eigenvalue weighted by molar-refractivity contribution is 5.91. The first-order chi connectivity index (χ1) is 9.28. The molecule has 1 aliphatic heterocycles. The molecule has 0 aliphatic carbocycles. The van der Waals surface area contributed by atoms with E-state index in [1.807, 2.05) is 31.3 Å². The molecule has 2 rings (SSSR count). The van der Waals surface area contributed by atoms with Crippen molar-refractivity contribution in [2.75, 3.05) is 19.0 Å². The fraction of sp³-hybridized carbons (Fsp3) is 0.533. The van der Waals surface area contributed by atoms with Crippen LogP contribution in [-0.4, -0.2) is 25.7 Å². The fourth-order valence-electron chi connectivity index (χ4n) is 2.35. The van der Waals surface area contributed by atoms with Crippen molar-refractivity contribution in [3.63, 3.8) is 0 Å². The molecule has 1 fully saturated rings. The number of carbonyl (C=O) groups is 1. The molecule has 1 aromatic rings. The topological polar surface area (TPSA) is 50.4 Å². The fourth-order valence-corrected chi connectivity index (χ4v) is 2.35. The largest absolute Gasteiger partial charge is 0.378 e.